The molecule has 0 N–H and O–H groups in total. The van der Waals surface area contributed by atoms with E-state index in [2.05, 4.69) is 37.3 Å². The van der Waals surface area contributed by atoms with E-state index in [1.807, 2.05) is 13.8 Å². The average molecular weight is 272 g/mol. The molecule has 0 aliphatic rings. The van der Waals surface area contributed by atoms with Crippen molar-refractivity contribution in [2.45, 2.75) is 47.0 Å². The molecular weight excluding hydrogens is 244 g/mol. The standard InChI is InChI=1S/C10H14.C3H8O2S.C2H6/c1-2-3-7-10-8-5-4-6-9-10;1-3-6(2,4)5;1-2/h4-6,8-9H,2-3,7H2,1H3;3H2,1-2H3;1-2H3. The van der Waals surface area contributed by atoms with Crippen LogP contribution in [-0.2, 0) is 16.3 Å². The van der Waals surface area contributed by atoms with E-state index in [0.717, 1.165) is 0 Å². The van der Waals surface area contributed by atoms with Gasteiger partial charge >= 0.3 is 0 Å². The summed E-state index contributed by atoms with van der Waals surface area (Å²) in [5.74, 6) is 0.243. The van der Waals surface area contributed by atoms with E-state index in [1.54, 1.807) is 6.92 Å². The maximum Gasteiger partial charge on any atom is 0.147 e. The highest BCUT2D eigenvalue weighted by atomic mass is 32.2. The van der Waals surface area contributed by atoms with Crippen molar-refractivity contribution in [1.82, 2.24) is 0 Å². The van der Waals surface area contributed by atoms with Crippen LogP contribution in [0.4, 0.5) is 0 Å². The van der Waals surface area contributed by atoms with Crippen LogP contribution < -0.4 is 0 Å². The Bertz CT molecular complexity index is 355. The van der Waals surface area contributed by atoms with Crippen molar-refractivity contribution in [3.05, 3.63) is 35.9 Å². The summed E-state index contributed by atoms with van der Waals surface area (Å²) < 4.78 is 20.0. The number of aryl methyl sites for hydroxylation is 1. The first-order valence-electron chi connectivity index (χ1n) is 6.71. The molecule has 1 rings (SSSR count). The Morgan fingerprint density at radius 3 is 1.78 bits per heavy atom. The van der Waals surface area contributed by atoms with E-state index in [9.17, 15) is 8.42 Å². The molecule has 0 fully saturated rings. The van der Waals surface area contributed by atoms with E-state index < -0.39 is 9.84 Å². The largest absolute Gasteiger partial charge is 0.229 e. The van der Waals surface area contributed by atoms with Crippen molar-refractivity contribution in [3.63, 3.8) is 0 Å². The zero-order valence-electron chi connectivity index (χ0n) is 12.4. The Hall–Kier alpha value is -0.830. The fraction of sp³-hybridized carbons (Fsp3) is 0.600. The Balaban J connectivity index is 0. The van der Waals surface area contributed by atoms with Crippen molar-refractivity contribution in [2.75, 3.05) is 12.0 Å². The van der Waals surface area contributed by atoms with Gasteiger partial charge in [-0.2, -0.15) is 0 Å². The second-order valence-corrected chi connectivity index (χ2v) is 6.23. The Labute approximate surface area is 113 Å². The number of hydrogen-bond acceptors (Lipinski definition) is 2. The van der Waals surface area contributed by atoms with Crippen molar-refractivity contribution < 1.29 is 8.42 Å². The number of rotatable bonds is 4. The molecule has 0 aliphatic carbocycles. The summed E-state index contributed by atoms with van der Waals surface area (Å²) in [7, 11) is -2.66. The molecule has 18 heavy (non-hydrogen) atoms. The topological polar surface area (TPSA) is 34.1 Å². The highest BCUT2D eigenvalue weighted by molar-refractivity contribution is 7.90. The SMILES string of the molecule is CC.CCCCc1ccccc1.CCS(C)(=O)=O. The summed E-state index contributed by atoms with van der Waals surface area (Å²) in [5.41, 5.74) is 1.46. The van der Waals surface area contributed by atoms with Crippen LogP contribution >= 0.6 is 0 Å². The van der Waals surface area contributed by atoms with Gasteiger partial charge in [-0.3, -0.25) is 0 Å². The monoisotopic (exact) mass is 272 g/mol. The Kier molecular flexibility index (Phi) is 13.7. The zero-order chi connectivity index (χ0) is 14.4. The van der Waals surface area contributed by atoms with Crippen LogP contribution in [0.5, 0.6) is 0 Å². The Morgan fingerprint density at radius 2 is 1.44 bits per heavy atom. The highest BCUT2D eigenvalue weighted by Crippen LogP contribution is 2.03. The predicted molar refractivity (Wildman–Crippen MR) is 81.8 cm³/mol. The molecule has 0 heterocycles. The summed E-state index contributed by atoms with van der Waals surface area (Å²) in [6.45, 7) is 7.85. The fourth-order valence-electron chi connectivity index (χ4n) is 1.03. The van der Waals surface area contributed by atoms with Gasteiger partial charge in [-0.15, -0.1) is 0 Å². The van der Waals surface area contributed by atoms with Gasteiger partial charge in [0, 0.05) is 12.0 Å². The lowest BCUT2D eigenvalue weighted by Crippen LogP contribution is -1.96. The maximum atomic E-state index is 10.0. The van der Waals surface area contributed by atoms with Crippen LogP contribution in [0.15, 0.2) is 30.3 Å². The van der Waals surface area contributed by atoms with Gasteiger partial charge in [0.25, 0.3) is 0 Å². The van der Waals surface area contributed by atoms with Gasteiger partial charge in [0.1, 0.15) is 9.84 Å². The molecule has 0 unspecified atom stereocenters. The molecular formula is C15H28O2S. The van der Waals surface area contributed by atoms with Crippen LogP contribution in [0.25, 0.3) is 0 Å². The quantitative estimate of drug-likeness (QED) is 0.826. The van der Waals surface area contributed by atoms with E-state index in [0.29, 0.717) is 0 Å². The third-order valence-electron chi connectivity index (χ3n) is 2.19. The van der Waals surface area contributed by atoms with Gasteiger partial charge in [-0.25, -0.2) is 8.42 Å². The van der Waals surface area contributed by atoms with Crippen LogP contribution in [0.3, 0.4) is 0 Å². The van der Waals surface area contributed by atoms with E-state index in [1.165, 1.54) is 31.1 Å². The van der Waals surface area contributed by atoms with Crippen LogP contribution in [0.2, 0.25) is 0 Å². The first kappa shape index (κ1) is 19.5. The molecule has 1 aromatic rings. The van der Waals surface area contributed by atoms with E-state index in [-0.39, 0.29) is 5.75 Å². The van der Waals surface area contributed by atoms with Gasteiger partial charge in [-0.1, -0.05) is 64.4 Å². The minimum atomic E-state index is -2.66. The zero-order valence-corrected chi connectivity index (χ0v) is 13.3. The molecule has 0 bridgehead atoms. The first-order chi connectivity index (χ1) is 8.49. The van der Waals surface area contributed by atoms with Crippen molar-refractivity contribution in [3.8, 4) is 0 Å². The summed E-state index contributed by atoms with van der Waals surface area (Å²) >= 11 is 0. The first-order valence-corrected chi connectivity index (χ1v) is 8.77. The molecule has 0 amide bonds. The third-order valence-corrected chi connectivity index (χ3v) is 3.23. The van der Waals surface area contributed by atoms with Crippen LogP contribution in [-0.4, -0.2) is 20.4 Å². The van der Waals surface area contributed by atoms with Gasteiger partial charge in [0.2, 0.25) is 0 Å². The fourth-order valence-corrected chi connectivity index (χ4v) is 1.03. The van der Waals surface area contributed by atoms with Gasteiger partial charge in [0.05, 0.1) is 0 Å². The number of unbranched alkanes of at least 4 members (excludes halogenated alkanes) is 1. The molecule has 0 saturated carbocycles. The summed E-state index contributed by atoms with van der Waals surface area (Å²) in [6, 6.07) is 10.6. The minimum Gasteiger partial charge on any atom is -0.229 e. The normalized spacial score (nSPS) is 9.61. The highest BCUT2D eigenvalue weighted by Gasteiger charge is 1.90. The lowest BCUT2D eigenvalue weighted by atomic mass is 10.1. The molecule has 0 radical (unpaired) electrons. The van der Waals surface area contributed by atoms with Gasteiger partial charge in [-0.05, 0) is 18.4 Å². The van der Waals surface area contributed by atoms with Gasteiger partial charge < -0.3 is 0 Å². The molecule has 3 heteroatoms. The van der Waals surface area contributed by atoms with Crippen molar-refractivity contribution in [2.24, 2.45) is 0 Å². The number of benzene rings is 1. The maximum absolute atomic E-state index is 10.0. The summed E-state index contributed by atoms with van der Waals surface area (Å²) in [6.07, 6.45) is 5.04. The molecule has 0 saturated heterocycles. The minimum absolute atomic E-state index is 0.243. The number of hydrogen-bond donors (Lipinski definition) is 0. The molecule has 0 spiro atoms. The van der Waals surface area contributed by atoms with E-state index in [4.69, 9.17) is 0 Å². The lowest BCUT2D eigenvalue weighted by Gasteiger charge is -1.96. The molecule has 106 valence electrons. The molecule has 2 nitrogen and oxygen atoms in total. The predicted octanol–water partition coefficient (Wildman–Crippen LogP) is 4.11. The lowest BCUT2D eigenvalue weighted by molar-refractivity contribution is 0.603. The second kappa shape index (κ2) is 12.6. The second-order valence-electron chi connectivity index (χ2n) is 3.80. The van der Waals surface area contributed by atoms with Crippen LogP contribution in [0.1, 0.15) is 46.1 Å². The molecule has 0 aromatic heterocycles. The van der Waals surface area contributed by atoms with Crippen molar-refractivity contribution >= 4 is 9.84 Å². The molecule has 1 aromatic carbocycles. The molecule has 0 atom stereocenters. The van der Waals surface area contributed by atoms with Crippen molar-refractivity contribution in [1.29, 1.82) is 0 Å². The summed E-state index contributed by atoms with van der Waals surface area (Å²) in [5, 5.41) is 0. The molecule has 0 aliphatic heterocycles. The van der Waals surface area contributed by atoms with Crippen LogP contribution in [0, 0.1) is 0 Å². The average Bonchev–Trinajstić information content (AvgIpc) is 2.40. The summed E-state index contributed by atoms with van der Waals surface area (Å²) in [4.78, 5) is 0. The smallest absolute Gasteiger partial charge is 0.147 e. The number of sulfone groups is 1. The van der Waals surface area contributed by atoms with E-state index >= 15 is 0 Å². The third kappa shape index (κ3) is 15.2. The van der Waals surface area contributed by atoms with Gasteiger partial charge in [0.15, 0.2) is 0 Å². The Morgan fingerprint density at radius 1 is 1.00 bits per heavy atom.